The van der Waals surface area contributed by atoms with Crippen molar-refractivity contribution in [2.45, 2.75) is 64.2 Å². The van der Waals surface area contributed by atoms with E-state index in [0.29, 0.717) is 6.42 Å². The van der Waals surface area contributed by atoms with E-state index in [2.05, 4.69) is 25.9 Å². The average molecular weight is 531 g/mol. The highest BCUT2D eigenvalue weighted by molar-refractivity contribution is 5.94. The largest absolute Gasteiger partial charge is 0.480 e. The Kier molecular flexibility index (Phi) is 11.1. The van der Waals surface area contributed by atoms with Gasteiger partial charge in [-0.15, -0.1) is 0 Å². The molecule has 1 heterocycles. The maximum absolute atomic E-state index is 13.2. The summed E-state index contributed by atoms with van der Waals surface area (Å²) in [6.45, 7) is 5.22. The van der Waals surface area contributed by atoms with Crippen LogP contribution in [0.2, 0.25) is 0 Å². The van der Waals surface area contributed by atoms with Crippen molar-refractivity contribution < 1.29 is 24.3 Å². The minimum atomic E-state index is -1.23. The van der Waals surface area contributed by atoms with Crippen LogP contribution in [-0.2, 0) is 25.6 Å². The third-order valence-corrected chi connectivity index (χ3v) is 6.06. The number of carboxylic acid groups (broad SMARTS) is 1. The fraction of sp³-hybridized carbons (Fsp3) is 0.480. The van der Waals surface area contributed by atoms with Gasteiger partial charge in [-0.2, -0.15) is 0 Å². The van der Waals surface area contributed by atoms with Crippen molar-refractivity contribution in [3.63, 3.8) is 0 Å². The minimum absolute atomic E-state index is 0.0882. The Morgan fingerprint density at radius 2 is 1.63 bits per heavy atom. The van der Waals surface area contributed by atoms with Crippen molar-refractivity contribution in [3.8, 4) is 0 Å². The third-order valence-electron chi connectivity index (χ3n) is 6.06. The van der Waals surface area contributed by atoms with E-state index in [0.717, 1.165) is 16.5 Å². The average Bonchev–Trinajstić information content (AvgIpc) is 3.26. The lowest BCUT2D eigenvalue weighted by molar-refractivity contribution is -0.142. The molecule has 11 N–H and O–H groups in total. The molecule has 208 valence electrons. The van der Waals surface area contributed by atoms with Crippen LogP contribution < -0.4 is 33.2 Å². The van der Waals surface area contributed by atoms with E-state index in [1.165, 1.54) is 6.92 Å². The Hall–Kier alpha value is -4.13. The fourth-order valence-corrected chi connectivity index (χ4v) is 3.74. The summed E-state index contributed by atoms with van der Waals surface area (Å²) in [5.41, 5.74) is 18.2. The van der Waals surface area contributed by atoms with Gasteiger partial charge < -0.3 is 43.2 Å². The predicted molar refractivity (Wildman–Crippen MR) is 144 cm³/mol. The number of nitrogens with one attached hydrogen (secondary N) is 4. The minimum Gasteiger partial charge on any atom is -0.480 e. The number of para-hydroxylation sites is 1. The quantitative estimate of drug-likeness (QED) is 0.0882. The summed E-state index contributed by atoms with van der Waals surface area (Å²) in [6.07, 6.45) is 2.31. The first-order chi connectivity index (χ1) is 17.9. The summed E-state index contributed by atoms with van der Waals surface area (Å²) < 4.78 is 0. The van der Waals surface area contributed by atoms with Gasteiger partial charge in [0.2, 0.25) is 17.7 Å². The molecule has 3 amide bonds. The molecule has 2 aromatic rings. The molecule has 0 saturated heterocycles. The topological polar surface area (TPSA) is 231 Å². The first-order valence-corrected chi connectivity index (χ1v) is 12.4. The van der Waals surface area contributed by atoms with E-state index in [1.54, 1.807) is 20.0 Å². The summed E-state index contributed by atoms with van der Waals surface area (Å²) in [4.78, 5) is 57.2. The normalized spacial score (nSPS) is 14.2. The summed E-state index contributed by atoms with van der Waals surface area (Å²) in [7, 11) is 0. The number of hydrogen-bond donors (Lipinski definition) is 8. The van der Waals surface area contributed by atoms with Gasteiger partial charge in [0, 0.05) is 30.1 Å². The molecule has 0 aliphatic rings. The number of benzene rings is 1. The number of H-pyrrole nitrogens is 1. The molecule has 0 radical (unpaired) electrons. The van der Waals surface area contributed by atoms with Gasteiger partial charge in [-0.25, -0.2) is 4.79 Å². The van der Waals surface area contributed by atoms with Gasteiger partial charge in [-0.1, -0.05) is 32.0 Å². The Labute approximate surface area is 221 Å². The molecule has 0 aliphatic heterocycles. The molecular weight excluding hydrogens is 492 g/mol. The Morgan fingerprint density at radius 3 is 2.26 bits per heavy atom. The number of aliphatic imine (C=N–C) groups is 1. The highest BCUT2D eigenvalue weighted by Crippen LogP contribution is 2.19. The first kappa shape index (κ1) is 30.1. The van der Waals surface area contributed by atoms with Gasteiger partial charge in [0.05, 0.1) is 6.04 Å². The first-order valence-electron chi connectivity index (χ1n) is 12.4. The monoisotopic (exact) mass is 530 g/mol. The van der Waals surface area contributed by atoms with Crippen LogP contribution in [0.25, 0.3) is 10.9 Å². The van der Waals surface area contributed by atoms with Gasteiger partial charge in [-0.05, 0) is 37.3 Å². The van der Waals surface area contributed by atoms with Gasteiger partial charge in [0.15, 0.2) is 5.96 Å². The third kappa shape index (κ3) is 8.76. The van der Waals surface area contributed by atoms with Gasteiger partial charge in [0.25, 0.3) is 0 Å². The molecule has 13 heteroatoms. The van der Waals surface area contributed by atoms with Crippen LogP contribution in [0.1, 0.15) is 39.2 Å². The number of nitrogens with zero attached hydrogens (tertiary/aromatic N) is 1. The lowest BCUT2D eigenvalue weighted by Gasteiger charge is -2.24. The second-order valence-electron chi connectivity index (χ2n) is 9.47. The maximum atomic E-state index is 13.2. The Bertz CT molecular complexity index is 1160. The maximum Gasteiger partial charge on any atom is 0.326 e. The highest BCUT2D eigenvalue weighted by atomic mass is 16.4. The van der Waals surface area contributed by atoms with Crippen LogP contribution in [0.5, 0.6) is 0 Å². The van der Waals surface area contributed by atoms with Crippen molar-refractivity contribution in [2.24, 2.45) is 28.1 Å². The molecule has 0 saturated carbocycles. The van der Waals surface area contributed by atoms with Crippen molar-refractivity contribution in [2.75, 3.05) is 6.54 Å². The van der Waals surface area contributed by atoms with E-state index < -0.39 is 47.9 Å². The molecule has 1 aromatic heterocycles. The van der Waals surface area contributed by atoms with Crippen LogP contribution in [-0.4, -0.2) is 70.5 Å². The molecule has 4 unspecified atom stereocenters. The van der Waals surface area contributed by atoms with Crippen LogP contribution in [0, 0.1) is 5.92 Å². The van der Waals surface area contributed by atoms with E-state index in [4.69, 9.17) is 17.2 Å². The number of guanidine groups is 1. The lowest BCUT2D eigenvalue weighted by Crippen LogP contribution is -2.57. The van der Waals surface area contributed by atoms with Crippen molar-refractivity contribution in [1.82, 2.24) is 20.9 Å². The number of carbonyl (C=O) groups excluding carboxylic acids is 3. The predicted octanol–water partition coefficient (Wildman–Crippen LogP) is -0.694. The highest BCUT2D eigenvalue weighted by Gasteiger charge is 2.29. The van der Waals surface area contributed by atoms with E-state index in [-0.39, 0.29) is 31.3 Å². The van der Waals surface area contributed by atoms with Crippen LogP contribution >= 0.6 is 0 Å². The fourth-order valence-electron chi connectivity index (χ4n) is 3.74. The van der Waals surface area contributed by atoms with Crippen LogP contribution in [0.15, 0.2) is 35.5 Å². The zero-order chi connectivity index (χ0) is 28.4. The van der Waals surface area contributed by atoms with Crippen LogP contribution in [0.4, 0.5) is 0 Å². The standard InChI is InChI=1S/C25H38N8O5/c1-13(2)20(26)23(36)33-19(11-15-12-30-17-8-5-4-7-16(15)17)22(35)31-14(3)21(34)32-18(24(37)38)9-6-10-29-25(27)28/h4-5,7-8,12-14,18-20,30H,6,9-11,26H2,1-3H3,(H,31,35)(H,32,34)(H,33,36)(H,37,38)(H4,27,28,29). The van der Waals surface area contributed by atoms with Gasteiger partial charge >= 0.3 is 5.97 Å². The number of carbonyl (C=O) groups is 4. The number of rotatable bonds is 14. The van der Waals surface area contributed by atoms with Crippen molar-refractivity contribution in [3.05, 3.63) is 36.0 Å². The number of fused-ring (bicyclic) bond motifs is 1. The second-order valence-corrected chi connectivity index (χ2v) is 9.47. The molecule has 13 nitrogen and oxygen atoms in total. The van der Waals surface area contributed by atoms with Crippen LogP contribution in [0.3, 0.4) is 0 Å². The number of aliphatic carboxylic acids is 1. The molecule has 38 heavy (non-hydrogen) atoms. The molecule has 0 spiro atoms. The second kappa shape index (κ2) is 14.0. The SMILES string of the molecule is CC(NC(=O)C(Cc1c[nH]c2ccccc12)NC(=O)C(N)C(C)C)C(=O)NC(CCCN=C(N)N)C(=O)O. The molecule has 0 bridgehead atoms. The Morgan fingerprint density at radius 1 is 0.974 bits per heavy atom. The molecule has 0 fully saturated rings. The van der Waals surface area contributed by atoms with Gasteiger partial charge in [-0.3, -0.25) is 19.4 Å². The zero-order valence-electron chi connectivity index (χ0n) is 21.9. The summed E-state index contributed by atoms with van der Waals surface area (Å²) >= 11 is 0. The lowest BCUT2D eigenvalue weighted by atomic mass is 10.0. The number of carboxylic acids is 1. The summed E-state index contributed by atoms with van der Waals surface area (Å²) in [6, 6.07) is 3.40. The smallest absolute Gasteiger partial charge is 0.326 e. The number of aromatic nitrogens is 1. The van der Waals surface area contributed by atoms with Gasteiger partial charge in [0.1, 0.15) is 18.1 Å². The van der Waals surface area contributed by atoms with E-state index in [9.17, 15) is 24.3 Å². The summed E-state index contributed by atoms with van der Waals surface area (Å²) in [5, 5.41) is 18.0. The number of amides is 3. The molecular formula is C25H38N8O5. The van der Waals surface area contributed by atoms with E-state index >= 15 is 0 Å². The molecule has 0 aliphatic carbocycles. The van der Waals surface area contributed by atoms with Crippen molar-refractivity contribution >= 4 is 40.6 Å². The molecule has 2 rings (SSSR count). The number of aromatic amines is 1. The zero-order valence-corrected chi connectivity index (χ0v) is 21.9. The van der Waals surface area contributed by atoms with Crippen molar-refractivity contribution in [1.29, 1.82) is 0 Å². The van der Waals surface area contributed by atoms with E-state index in [1.807, 2.05) is 24.3 Å². The Balaban J connectivity index is 2.12. The summed E-state index contributed by atoms with van der Waals surface area (Å²) in [5.74, 6) is -3.29. The molecule has 4 atom stereocenters. The number of nitrogens with two attached hydrogens (primary N) is 3. The molecule has 1 aromatic carbocycles. The number of hydrogen-bond acceptors (Lipinski definition) is 6.